The summed E-state index contributed by atoms with van der Waals surface area (Å²) in [5.41, 5.74) is 2.57. The Morgan fingerprint density at radius 2 is 2.19 bits per heavy atom. The average molecular weight is 466 g/mol. The van der Waals surface area contributed by atoms with Gasteiger partial charge in [-0.2, -0.15) is 0 Å². The number of ether oxygens (including phenoxy) is 1. The van der Waals surface area contributed by atoms with Crippen LogP contribution >= 0.6 is 24.0 Å². The van der Waals surface area contributed by atoms with Crippen LogP contribution in [0.1, 0.15) is 25.3 Å². The van der Waals surface area contributed by atoms with Gasteiger partial charge in [0.1, 0.15) is 0 Å². The van der Waals surface area contributed by atoms with Crippen molar-refractivity contribution in [3.63, 3.8) is 0 Å². The van der Waals surface area contributed by atoms with Crippen LogP contribution in [-0.4, -0.2) is 48.7 Å². The molecular weight excluding hydrogens is 439 g/mol. The Kier molecular flexibility index (Phi) is 6.34. The molecule has 1 aromatic heterocycles. The summed E-state index contributed by atoms with van der Waals surface area (Å²) in [7, 11) is 0. The first-order valence-electron chi connectivity index (χ1n) is 9.23. The van der Waals surface area contributed by atoms with E-state index in [1.54, 1.807) is 0 Å². The monoisotopic (exact) mass is 466 g/mol. The van der Waals surface area contributed by atoms with E-state index in [1.165, 1.54) is 23.8 Å². The minimum absolute atomic E-state index is 0. The van der Waals surface area contributed by atoms with Crippen LogP contribution in [0.5, 0.6) is 0 Å². The van der Waals surface area contributed by atoms with Crippen LogP contribution in [0.4, 0.5) is 0 Å². The van der Waals surface area contributed by atoms with Gasteiger partial charge in [-0.25, -0.2) is 4.99 Å². The minimum Gasteiger partial charge on any atom is -0.381 e. The molecule has 26 heavy (non-hydrogen) atoms. The Labute approximate surface area is 172 Å². The summed E-state index contributed by atoms with van der Waals surface area (Å²) in [6.45, 7) is 7.57. The number of likely N-dealkylation sites (tertiary alicyclic amines) is 1. The number of aromatic nitrogens is 1. The van der Waals surface area contributed by atoms with Crippen LogP contribution in [0, 0.1) is 5.41 Å². The molecule has 3 heterocycles. The van der Waals surface area contributed by atoms with E-state index in [2.05, 4.69) is 46.4 Å². The van der Waals surface area contributed by atoms with Gasteiger partial charge in [-0.1, -0.05) is 24.3 Å². The third kappa shape index (κ3) is 3.96. The molecule has 2 aromatic rings. The quantitative estimate of drug-likeness (QED) is 0.428. The summed E-state index contributed by atoms with van der Waals surface area (Å²) in [6, 6.07) is 10.4. The van der Waals surface area contributed by atoms with Gasteiger partial charge in [0.05, 0.1) is 18.7 Å². The highest BCUT2D eigenvalue weighted by molar-refractivity contribution is 14.0. The Morgan fingerprint density at radius 3 is 3.00 bits per heavy atom. The summed E-state index contributed by atoms with van der Waals surface area (Å²) < 4.78 is 5.65. The highest BCUT2D eigenvalue weighted by atomic mass is 127. The lowest BCUT2D eigenvalue weighted by molar-refractivity contribution is 0.156. The van der Waals surface area contributed by atoms with Crippen LogP contribution in [0.15, 0.2) is 41.5 Å². The van der Waals surface area contributed by atoms with Gasteiger partial charge in [0.15, 0.2) is 5.96 Å². The maximum absolute atomic E-state index is 5.65. The van der Waals surface area contributed by atoms with E-state index in [1.807, 2.05) is 12.3 Å². The van der Waals surface area contributed by atoms with Crippen molar-refractivity contribution in [2.24, 2.45) is 10.4 Å². The van der Waals surface area contributed by atoms with Crippen molar-refractivity contribution in [1.82, 2.24) is 15.2 Å². The molecule has 2 aliphatic heterocycles. The zero-order valence-electron chi connectivity index (χ0n) is 15.3. The lowest BCUT2D eigenvalue weighted by Gasteiger charge is -2.25. The molecule has 5 nitrogen and oxygen atoms in total. The first-order chi connectivity index (χ1) is 12.3. The van der Waals surface area contributed by atoms with Crippen LogP contribution in [0.2, 0.25) is 0 Å². The first-order valence-corrected chi connectivity index (χ1v) is 9.23. The molecule has 2 aliphatic rings. The van der Waals surface area contributed by atoms with E-state index in [9.17, 15) is 0 Å². The zero-order valence-corrected chi connectivity index (χ0v) is 17.6. The molecule has 1 atom stereocenters. The van der Waals surface area contributed by atoms with E-state index in [-0.39, 0.29) is 24.0 Å². The summed E-state index contributed by atoms with van der Waals surface area (Å²) in [5.74, 6) is 1.01. The number of nitrogens with zero attached hydrogens (tertiary/aromatic N) is 3. The van der Waals surface area contributed by atoms with Crippen molar-refractivity contribution in [2.45, 2.75) is 26.3 Å². The molecule has 0 saturated carbocycles. The first kappa shape index (κ1) is 19.4. The van der Waals surface area contributed by atoms with Gasteiger partial charge in [-0.05, 0) is 31.4 Å². The number of hydrogen-bond acceptors (Lipinski definition) is 3. The van der Waals surface area contributed by atoms with Crippen molar-refractivity contribution in [3.05, 3.63) is 42.1 Å². The van der Waals surface area contributed by atoms with Crippen molar-refractivity contribution >= 4 is 40.8 Å². The smallest absolute Gasteiger partial charge is 0.194 e. The second kappa shape index (κ2) is 8.52. The number of aliphatic imine (C=N–C) groups is 1. The number of hydrogen-bond donors (Lipinski definition) is 1. The number of fused-ring (bicyclic) bond motifs is 1. The molecule has 6 heteroatoms. The highest BCUT2D eigenvalue weighted by Gasteiger charge is 2.42. The molecule has 0 amide bonds. The second-order valence-electron chi connectivity index (χ2n) is 7.14. The Bertz CT molecular complexity index is 768. The van der Waals surface area contributed by atoms with Crippen LogP contribution < -0.4 is 5.32 Å². The molecule has 2 fully saturated rings. The molecular formula is C20H27IN4O. The fourth-order valence-corrected chi connectivity index (χ4v) is 3.97. The van der Waals surface area contributed by atoms with Crippen molar-refractivity contribution < 1.29 is 4.74 Å². The largest absolute Gasteiger partial charge is 0.381 e. The third-order valence-corrected chi connectivity index (χ3v) is 5.37. The minimum atomic E-state index is 0. The summed E-state index contributed by atoms with van der Waals surface area (Å²) in [5, 5.41) is 4.63. The number of halogens is 1. The van der Waals surface area contributed by atoms with Gasteiger partial charge in [-0.3, -0.25) is 4.98 Å². The van der Waals surface area contributed by atoms with Crippen molar-refractivity contribution in [1.29, 1.82) is 0 Å². The van der Waals surface area contributed by atoms with Crippen LogP contribution in [0.25, 0.3) is 10.9 Å². The predicted molar refractivity (Wildman–Crippen MR) is 116 cm³/mol. The van der Waals surface area contributed by atoms with Gasteiger partial charge >= 0.3 is 0 Å². The second-order valence-corrected chi connectivity index (χ2v) is 7.14. The highest BCUT2D eigenvalue weighted by Crippen LogP contribution is 2.38. The van der Waals surface area contributed by atoms with Gasteiger partial charge in [0.25, 0.3) is 0 Å². The topological polar surface area (TPSA) is 49.8 Å². The molecule has 2 saturated heterocycles. The van der Waals surface area contributed by atoms with E-state index in [0.717, 1.165) is 44.3 Å². The number of benzene rings is 1. The van der Waals surface area contributed by atoms with Crippen LogP contribution in [0.3, 0.4) is 0 Å². The molecule has 1 unspecified atom stereocenters. The fourth-order valence-electron chi connectivity index (χ4n) is 3.97. The molecule has 1 N–H and O–H groups in total. The third-order valence-electron chi connectivity index (χ3n) is 5.37. The number of rotatable bonds is 3. The molecule has 0 aliphatic carbocycles. The number of pyridine rings is 1. The summed E-state index contributed by atoms with van der Waals surface area (Å²) in [6.07, 6.45) is 4.23. The van der Waals surface area contributed by atoms with Gasteiger partial charge in [-0.15, -0.1) is 24.0 Å². The Balaban J connectivity index is 0.00000196. The standard InChI is InChI=1S/C20H26N4O.HI/c1-2-21-19(24-11-8-20(14-24)9-12-25-15-20)23-13-17-6-3-5-16-7-4-10-22-18(16)17;/h3-7,10H,2,8-9,11-15H2,1H3,(H,21,23);1H. The Morgan fingerprint density at radius 1 is 1.31 bits per heavy atom. The average Bonchev–Trinajstić information content (AvgIpc) is 3.29. The van der Waals surface area contributed by atoms with Crippen molar-refractivity contribution in [2.75, 3.05) is 32.8 Å². The molecule has 1 spiro atoms. The maximum Gasteiger partial charge on any atom is 0.194 e. The Hall–Kier alpha value is -1.41. The molecule has 0 radical (unpaired) electrons. The van der Waals surface area contributed by atoms with E-state index < -0.39 is 0 Å². The fraction of sp³-hybridized carbons (Fsp3) is 0.500. The van der Waals surface area contributed by atoms with E-state index >= 15 is 0 Å². The van der Waals surface area contributed by atoms with Crippen LogP contribution in [-0.2, 0) is 11.3 Å². The lowest BCUT2D eigenvalue weighted by Crippen LogP contribution is -2.41. The van der Waals surface area contributed by atoms with Gasteiger partial charge in [0, 0.05) is 43.2 Å². The predicted octanol–water partition coefficient (Wildman–Crippen LogP) is 3.43. The number of guanidine groups is 1. The normalized spacial score (nSPS) is 22.8. The zero-order chi connectivity index (χ0) is 17.1. The van der Waals surface area contributed by atoms with Gasteiger partial charge < -0.3 is 15.0 Å². The SMILES string of the molecule is CCNC(=NCc1cccc2cccnc12)N1CCC2(CCOC2)C1.I. The van der Waals surface area contributed by atoms with Gasteiger partial charge in [0.2, 0.25) is 0 Å². The number of nitrogens with one attached hydrogen (secondary N) is 1. The molecule has 4 rings (SSSR count). The molecule has 140 valence electrons. The van der Waals surface area contributed by atoms with E-state index in [0.29, 0.717) is 12.0 Å². The number of para-hydroxylation sites is 1. The summed E-state index contributed by atoms with van der Waals surface area (Å²) in [4.78, 5) is 11.9. The summed E-state index contributed by atoms with van der Waals surface area (Å²) >= 11 is 0. The maximum atomic E-state index is 5.65. The van der Waals surface area contributed by atoms with E-state index in [4.69, 9.17) is 9.73 Å². The molecule has 0 bridgehead atoms. The van der Waals surface area contributed by atoms with Crippen molar-refractivity contribution in [3.8, 4) is 0 Å². The molecule has 1 aromatic carbocycles. The lowest BCUT2D eigenvalue weighted by atomic mass is 9.87.